The van der Waals surface area contributed by atoms with Crippen molar-refractivity contribution in [1.29, 1.82) is 0 Å². The first-order valence-corrected chi connectivity index (χ1v) is 6.29. The lowest BCUT2D eigenvalue weighted by Crippen LogP contribution is -2.17. The summed E-state index contributed by atoms with van der Waals surface area (Å²) in [5.41, 5.74) is 3.38. The lowest BCUT2D eigenvalue weighted by molar-refractivity contribution is 0.315. The van der Waals surface area contributed by atoms with Gasteiger partial charge in [0, 0.05) is 23.7 Å². The predicted molar refractivity (Wildman–Crippen MR) is 72.6 cm³/mol. The van der Waals surface area contributed by atoms with E-state index >= 15 is 0 Å². The molecule has 1 aromatic heterocycles. The van der Waals surface area contributed by atoms with Crippen molar-refractivity contribution in [3.63, 3.8) is 0 Å². The van der Waals surface area contributed by atoms with Gasteiger partial charge in [-0.1, -0.05) is 28.9 Å². The van der Waals surface area contributed by atoms with Crippen LogP contribution in [0.3, 0.4) is 0 Å². The van der Waals surface area contributed by atoms with E-state index in [1.54, 1.807) is 0 Å². The minimum Gasteiger partial charge on any atom is -0.361 e. The molecule has 0 spiro atoms. The van der Waals surface area contributed by atoms with E-state index in [9.17, 15) is 0 Å². The molecule has 0 aliphatic carbocycles. The van der Waals surface area contributed by atoms with Crippen LogP contribution in [-0.4, -0.2) is 17.1 Å². The third kappa shape index (κ3) is 3.12. The summed E-state index contributed by atoms with van der Waals surface area (Å²) in [5.74, 6) is 0.899. The van der Waals surface area contributed by atoms with Gasteiger partial charge in [-0.15, -0.1) is 0 Å². The Labute approximate surface area is 112 Å². The van der Waals surface area contributed by atoms with Crippen LogP contribution in [0.4, 0.5) is 0 Å². The van der Waals surface area contributed by atoms with Crippen molar-refractivity contribution >= 4 is 11.6 Å². The maximum atomic E-state index is 5.87. The van der Waals surface area contributed by atoms with Gasteiger partial charge in [0.2, 0.25) is 0 Å². The number of aryl methyl sites for hydroxylation is 2. The van der Waals surface area contributed by atoms with Gasteiger partial charge in [-0.3, -0.25) is 4.90 Å². The summed E-state index contributed by atoms with van der Waals surface area (Å²) in [5, 5.41) is 4.74. The molecule has 0 atom stereocenters. The molecule has 3 nitrogen and oxygen atoms in total. The molecule has 0 unspecified atom stereocenters. The highest BCUT2D eigenvalue weighted by Crippen LogP contribution is 2.16. The Balaban J connectivity index is 2.01. The Morgan fingerprint density at radius 3 is 2.39 bits per heavy atom. The third-order valence-corrected chi connectivity index (χ3v) is 3.23. The number of rotatable bonds is 4. The normalized spacial score (nSPS) is 11.2. The van der Waals surface area contributed by atoms with E-state index < -0.39 is 0 Å². The van der Waals surface area contributed by atoms with Crippen molar-refractivity contribution < 1.29 is 4.52 Å². The summed E-state index contributed by atoms with van der Waals surface area (Å²) >= 11 is 5.87. The minimum absolute atomic E-state index is 0.770. The molecule has 4 heteroatoms. The maximum Gasteiger partial charge on any atom is 0.138 e. The van der Waals surface area contributed by atoms with Crippen LogP contribution in [-0.2, 0) is 13.1 Å². The number of aromatic nitrogens is 1. The van der Waals surface area contributed by atoms with Gasteiger partial charge in [-0.05, 0) is 38.6 Å². The van der Waals surface area contributed by atoms with E-state index in [1.807, 2.05) is 38.1 Å². The monoisotopic (exact) mass is 264 g/mol. The Hall–Kier alpha value is -1.32. The summed E-state index contributed by atoms with van der Waals surface area (Å²) in [6, 6.07) is 7.93. The Bertz CT molecular complexity index is 500. The second-order valence-electron chi connectivity index (χ2n) is 4.60. The van der Waals surface area contributed by atoms with Gasteiger partial charge in [0.1, 0.15) is 5.76 Å². The smallest absolute Gasteiger partial charge is 0.138 e. The first-order chi connectivity index (χ1) is 8.56. The molecule has 0 bridgehead atoms. The SMILES string of the molecule is Cc1noc(C)c1CN(C)Cc1ccc(Cl)cc1. The van der Waals surface area contributed by atoms with Gasteiger partial charge >= 0.3 is 0 Å². The molecule has 18 heavy (non-hydrogen) atoms. The van der Waals surface area contributed by atoms with Crippen molar-refractivity contribution in [2.45, 2.75) is 26.9 Å². The van der Waals surface area contributed by atoms with Crippen molar-refractivity contribution in [2.24, 2.45) is 0 Å². The second kappa shape index (κ2) is 5.55. The molecule has 0 saturated heterocycles. The zero-order valence-electron chi connectivity index (χ0n) is 10.9. The second-order valence-corrected chi connectivity index (χ2v) is 5.04. The van der Waals surface area contributed by atoms with E-state index in [-0.39, 0.29) is 0 Å². The largest absolute Gasteiger partial charge is 0.361 e. The number of hydrogen-bond acceptors (Lipinski definition) is 3. The molecule has 96 valence electrons. The fourth-order valence-corrected chi connectivity index (χ4v) is 2.08. The highest BCUT2D eigenvalue weighted by atomic mass is 35.5. The highest BCUT2D eigenvalue weighted by Gasteiger charge is 2.11. The van der Waals surface area contributed by atoms with Crippen LogP contribution in [0.2, 0.25) is 5.02 Å². The fourth-order valence-electron chi connectivity index (χ4n) is 1.95. The van der Waals surface area contributed by atoms with Gasteiger partial charge in [0.15, 0.2) is 0 Å². The van der Waals surface area contributed by atoms with Crippen molar-refractivity contribution in [2.75, 3.05) is 7.05 Å². The topological polar surface area (TPSA) is 29.3 Å². The van der Waals surface area contributed by atoms with Gasteiger partial charge in [0.05, 0.1) is 5.69 Å². The average Bonchev–Trinajstić information content (AvgIpc) is 2.64. The summed E-state index contributed by atoms with van der Waals surface area (Å²) in [6.45, 7) is 5.64. The van der Waals surface area contributed by atoms with Crippen LogP contribution in [0.15, 0.2) is 28.8 Å². The molecule has 2 aromatic rings. The first kappa shape index (κ1) is 13.1. The standard InChI is InChI=1S/C14H17ClN2O/c1-10-14(11(2)18-16-10)9-17(3)8-12-4-6-13(15)7-5-12/h4-7H,8-9H2,1-3H3. The van der Waals surface area contributed by atoms with Crippen molar-refractivity contribution in [1.82, 2.24) is 10.1 Å². The zero-order valence-corrected chi connectivity index (χ0v) is 11.7. The molecule has 0 N–H and O–H groups in total. The first-order valence-electron chi connectivity index (χ1n) is 5.91. The molecule has 0 amide bonds. The van der Waals surface area contributed by atoms with Gasteiger partial charge in [-0.25, -0.2) is 0 Å². The minimum atomic E-state index is 0.770. The van der Waals surface area contributed by atoms with E-state index in [0.29, 0.717) is 0 Å². The molecule has 0 aliphatic rings. The van der Waals surface area contributed by atoms with Crippen LogP contribution in [0.25, 0.3) is 0 Å². The van der Waals surface area contributed by atoms with Crippen LogP contribution < -0.4 is 0 Å². The van der Waals surface area contributed by atoms with Crippen LogP contribution >= 0.6 is 11.6 Å². The number of hydrogen-bond donors (Lipinski definition) is 0. The van der Waals surface area contributed by atoms with E-state index in [1.165, 1.54) is 11.1 Å². The molecule has 0 saturated carbocycles. The molecule has 0 aliphatic heterocycles. The predicted octanol–water partition coefficient (Wildman–Crippen LogP) is 3.58. The fraction of sp³-hybridized carbons (Fsp3) is 0.357. The Kier molecular flexibility index (Phi) is 4.04. The Morgan fingerprint density at radius 2 is 1.83 bits per heavy atom. The van der Waals surface area contributed by atoms with E-state index in [2.05, 4.69) is 17.1 Å². The lowest BCUT2D eigenvalue weighted by atomic mass is 10.1. The quantitative estimate of drug-likeness (QED) is 0.845. The highest BCUT2D eigenvalue weighted by molar-refractivity contribution is 6.30. The van der Waals surface area contributed by atoms with Gasteiger partial charge in [0.25, 0.3) is 0 Å². The van der Waals surface area contributed by atoms with Crippen molar-refractivity contribution in [3.8, 4) is 0 Å². The van der Waals surface area contributed by atoms with Crippen molar-refractivity contribution in [3.05, 3.63) is 51.9 Å². The molecular weight excluding hydrogens is 248 g/mol. The van der Waals surface area contributed by atoms with Gasteiger partial charge in [-0.2, -0.15) is 0 Å². The lowest BCUT2D eigenvalue weighted by Gasteiger charge is -2.16. The molecule has 0 radical (unpaired) electrons. The maximum absolute atomic E-state index is 5.87. The van der Waals surface area contributed by atoms with Crippen LogP contribution in [0.5, 0.6) is 0 Å². The van der Waals surface area contributed by atoms with Gasteiger partial charge < -0.3 is 4.52 Å². The van der Waals surface area contributed by atoms with Crippen LogP contribution in [0, 0.1) is 13.8 Å². The summed E-state index contributed by atoms with van der Waals surface area (Å²) in [6.07, 6.45) is 0. The molecule has 0 fully saturated rings. The summed E-state index contributed by atoms with van der Waals surface area (Å²) < 4.78 is 5.17. The van der Waals surface area contributed by atoms with E-state index in [0.717, 1.165) is 29.6 Å². The number of benzene rings is 1. The Morgan fingerprint density at radius 1 is 1.17 bits per heavy atom. The zero-order chi connectivity index (χ0) is 13.1. The summed E-state index contributed by atoms with van der Waals surface area (Å²) in [7, 11) is 2.08. The molecular formula is C14H17ClN2O. The third-order valence-electron chi connectivity index (χ3n) is 2.97. The van der Waals surface area contributed by atoms with Crippen LogP contribution in [0.1, 0.15) is 22.6 Å². The number of halogens is 1. The summed E-state index contributed by atoms with van der Waals surface area (Å²) in [4.78, 5) is 2.23. The number of nitrogens with zero attached hydrogens (tertiary/aromatic N) is 2. The molecule has 2 rings (SSSR count). The molecule has 1 aromatic carbocycles. The molecule has 1 heterocycles. The van der Waals surface area contributed by atoms with E-state index in [4.69, 9.17) is 16.1 Å². The average molecular weight is 265 g/mol.